The Kier molecular flexibility index (Phi) is 23.7. The van der Waals surface area contributed by atoms with Gasteiger partial charge in [-0.15, -0.1) is 0 Å². The van der Waals surface area contributed by atoms with Gasteiger partial charge in [-0.3, -0.25) is 33.9 Å². The van der Waals surface area contributed by atoms with Crippen LogP contribution in [-0.2, 0) is 28.6 Å². The SMILES string of the molecule is CC.CC(C)C(=O)c1ccc(-c2ccc(C=O)nc2)cn1.CCC(=O)CCOCC(COCCC(C)=O)(COCCC(=O)CC)NC. The molecule has 0 radical (unpaired) electrons. The molecule has 0 unspecified atom stereocenters. The summed E-state index contributed by atoms with van der Waals surface area (Å²) in [4.78, 5) is 64.2. The van der Waals surface area contributed by atoms with E-state index in [4.69, 9.17) is 14.2 Å². The number of hydrogen-bond donors (Lipinski definition) is 1. The number of likely N-dealkylation sites (N-methyl/N-ethyl adjacent to an activating group) is 1. The van der Waals surface area contributed by atoms with E-state index in [9.17, 15) is 24.0 Å². The van der Waals surface area contributed by atoms with Gasteiger partial charge < -0.3 is 19.5 Å². The fourth-order valence-corrected chi connectivity index (χ4v) is 3.74. The second-order valence-corrected chi connectivity index (χ2v) is 11.0. The monoisotopic (exact) mass is 657 g/mol. The number of ketones is 4. The van der Waals surface area contributed by atoms with Gasteiger partial charge in [-0.05, 0) is 26.1 Å². The molecule has 11 heteroatoms. The molecule has 2 aromatic rings. The van der Waals surface area contributed by atoms with Crippen molar-refractivity contribution in [3.63, 3.8) is 0 Å². The van der Waals surface area contributed by atoms with Crippen LogP contribution >= 0.6 is 0 Å². The predicted octanol–water partition coefficient (Wildman–Crippen LogP) is 5.53. The van der Waals surface area contributed by atoms with Crippen LogP contribution in [0, 0.1) is 5.92 Å². The minimum Gasteiger partial charge on any atom is -0.379 e. The zero-order valence-electron chi connectivity index (χ0n) is 29.6. The van der Waals surface area contributed by atoms with Crippen molar-refractivity contribution in [2.24, 2.45) is 5.92 Å². The van der Waals surface area contributed by atoms with Gasteiger partial charge in [0.1, 0.15) is 28.7 Å². The molecule has 0 aliphatic rings. The normalized spacial score (nSPS) is 10.7. The number of carbonyl (C=O) groups is 5. The first-order valence-electron chi connectivity index (χ1n) is 16.4. The quantitative estimate of drug-likeness (QED) is 0.0967. The highest BCUT2D eigenvalue weighted by molar-refractivity contribution is 5.95. The van der Waals surface area contributed by atoms with Crippen LogP contribution in [0.15, 0.2) is 36.7 Å². The van der Waals surface area contributed by atoms with E-state index in [1.807, 2.05) is 47.6 Å². The van der Waals surface area contributed by atoms with Crippen LogP contribution in [0.2, 0.25) is 0 Å². The van der Waals surface area contributed by atoms with Crippen LogP contribution in [0.25, 0.3) is 11.1 Å². The number of pyridine rings is 2. The summed E-state index contributed by atoms with van der Waals surface area (Å²) in [5.41, 5.74) is 1.99. The molecule has 2 aromatic heterocycles. The largest absolute Gasteiger partial charge is 0.379 e. The molecule has 0 aliphatic carbocycles. The molecule has 0 fully saturated rings. The Morgan fingerprint density at radius 1 is 0.787 bits per heavy atom. The lowest BCUT2D eigenvalue weighted by Crippen LogP contribution is -2.55. The number of ether oxygens (including phenoxy) is 3. The summed E-state index contributed by atoms with van der Waals surface area (Å²) >= 11 is 0. The predicted molar refractivity (Wildman–Crippen MR) is 183 cm³/mol. The second kappa shape index (κ2) is 25.6. The van der Waals surface area contributed by atoms with Crippen molar-refractivity contribution in [3.05, 3.63) is 48.0 Å². The Morgan fingerprint density at radius 3 is 1.60 bits per heavy atom. The van der Waals surface area contributed by atoms with Gasteiger partial charge in [-0.2, -0.15) is 0 Å². The lowest BCUT2D eigenvalue weighted by molar-refractivity contribution is -0.120. The summed E-state index contributed by atoms with van der Waals surface area (Å²) in [5.74, 6) is 0.357. The number of aldehydes is 1. The zero-order valence-corrected chi connectivity index (χ0v) is 29.6. The first kappa shape index (κ1) is 43.5. The van der Waals surface area contributed by atoms with Gasteiger partial charge in [0, 0.05) is 61.5 Å². The molecule has 0 amide bonds. The van der Waals surface area contributed by atoms with Crippen LogP contribution < -0.4 is 5.32 Å². The van der Waals surface area contributed by atoms with E-state index in [0.717, 1.165) is 11.1 Å². The molecule has 1 N–H and O–H groups in total. The molecular formula is C36H55N3O8. The van der Waals surface area contributed by atoms with Crippen LogP contribution in [0.3, 0.4) is 0 Å². The number of carbonyl (C=O) groups excluding carboxylic acids is 5. The molecule has 0 saturated carbocycles. The maximum Gasteiger partial charge on any atom is 0.183 e. The smallest absolute Gasteiger partial charge is 0.183 e. The van der Waals surface area contributed by atoms with Gasteiger partial charge in [0.2, 0.25) is 0 Å². The van der Waals surface area contributed by atoms with Gasteiger partial charge in [0.05, 0.1) is 45.2 Å². The third kappa shape index (κ3) is 18.4. The molecular weight excluding hydrogens is 602 g/mol. The molecule has 0 aliphatic heterocycles. The molecule has 0 aromatic carbocycles. The van der Waals surface area contributed by atoms with E-state index < -0.39 is 5.54 Å². The standard InChI is InChI=1S/C19H35NO6.C15H14N2O2.C2H6/c1-5-17(22)8-11-25-14-19(20-4,13-24-10-7-16(3)21)15-26-12-9-18(23)6-2;1-10(2)15(19)14-6-4-12(8-17-14)11-3-5-13(9-18)16-7-11;1-2/h20H,5-15H2,1-4H3;3-10H,1-2H3;1-2H3. The highest BCUT2D eigenvalue weighted by Crippen LogP contribution is 2.18. The Bertz CT molecular complexity index is 1170. The maximum atomic E-state index is 11.8. The molecule has 2 rings (SSSR count). The number of hydrogen-bond acceptors (Lipinski definition) is 11. The van der Waals surface area contributed by atoms with E-state index in [0.29, 0.717) is 89.4 Å². The number of rotatable bonds is 22. The molecule has 0 spiro atoms. The van der Waals surface area contributed by atoms with Gasteiger partial charge in [-0.25, -0.2) is 0 Å². The summed E-state index contributed by atoms with van der Waals surface area (Å²) in [7, 11) is 1.79. The molecule has 47 heavy (non-hydrogen) atoms. The summed E-state index contributed by atoms with van der Waals surface area (Å²) in [6.45, 7) is 14.8. The van der Waals surface area contributed by atoms with Crippen molar-refractivity contribution >= 4 is 29.4 Å². The topological polar surface area (TPSA) is 151 Å². The maximum absolute atomic E-state index is 11.8. The van der Waals surface area contributed by atoms with E-state index in [1.54, 1.807) is 37.6 Å². The van der Waals surface area contributed by atoms with Gasteiger partial charge in [-0.1, -0.05) is 53.7 Å². The molecule has 2 heterocycles. The van der Waals surface area contributed by atoms with Gasteiger partial charge >= 0.3 is 0 Å². The third-order valence-electron chi connectivity index (χ3n) is 6.88. The van der Waals surface area contributed by atoms with Gasteiger partial charge in [0.25, 0.3) is 0 Å². The first-order chi connectivity index (χ1) is 22.5. The number of aromatic nitrogens is 2. The van der Waals surface area contributed by atoms with E-state index in [2.05, 4.69) is 15.3 Å². The lowest BCUT2D eigenvalue weighted by Gasteiger charge is -2.33. The van der Waals surface area contributed by atoms with Crippen molar-refractivity contribution in [2.45, 2.75) is 86.1 Å². The summed E-state index contributed by atoms with van der Waals surface area (Å²) < 4.78 is 16.9. The third-order valence-corrected chi connectivity index (χ3v) is 6.88. The lowest BCUT2D eigenvalue weighted by atomic mass is 10.0. The Labute approximate surface area is 280 Å². The summed E-state index contributed by atoms with van der Waals surface area (Å²) in [6.07, 6.45) is 6.09. The van der Waals surface area contributed by atoms with E-state index in [-0.39, 0.29) is 29.1 Å². The Hall–Kier alpha value is -3.51. The van der Waals surface area contributed by atoms with Crippen LogP contribution in [0.1, 0.15) is 102 Å². The van der Waals surface area contributed by atoms with Crippen molar-refractivity contribution in [1.82, 2.24) is 15.3 Å². The summed E-state index contributed by atoms with van der Waals surface area (Å²) in [6, 6.07) is 7.00. The number of nitrogens with one attached hydrogen (secondary N) is 1. The highest BCUT2D eigenvalue weighted by atomic mass is 16.5. The van der Waals surface area contributed by atoms with Gasteiger partial charge in [0.15, 0.2) is 12.1 Å². The average molecular weight is 658 g/mol. The molecule has 0 bridgehead atoms. The minimum absolute atomic E-state index is 0.0287. The minimum atomic E-state index is -0.596. The number of nitrogens with zero attached hydrogens (tertiary/aromatic N) is 2. The second-order valence-electron chi connectivity index (χ2n) is 11.0. The summed E-state index contributed by atoms with van der Waals surface area (Å²) in [5, 5.41) is 3.18. The fourth-order valence-electron chi connectivity index (χ4n) is 3.74. The van der Waals surface area contributed by atoms with E-state index in [1.165, 1.54) is 6.92 Å². The molecule has 0 atom stereocenters. The average Bonchev–Trinajstić information content (AvgIpc) is 3.10. The van der Waals surface area contributed by atoms with Crippen LogP contribution in [0.4, 0.5) is 0 Å². The van der Waals surface area contributed by atoms with Crippen molar-refractivity contribution in [1.29, 1.82) is 0 Å². The Morgan fingerprint density at radius 2 is 1.26 bits per heavy atom. The van der Waals surface area contributed by atoms with Crippen molar-refractivity contribution < 1.29 is 38.2 Å². The van der Waals surface area contributed by atoms with Crippen LogP contribution in [0.5, 0.6) is 0 Å². The van der Waals surface area contributed by atoms with Crippen molar-refractivity contribution in [3.8, 4) is 11.1 Å². The molecule has 262 valence electrons. The first-order valence-corrected chi connectivity index (χ1v) is 16.4. The highest BCUT2D eigenvalue weighted by Gasteiger charge is 2.30. The Balaban J connectivity index is 0.000000886. The van der Waals surface area contributed by atoms with Crippen molar-refractivity contribution in [2.75, 3.05) is 46.7 Å². The zero-order chi connectivity index (χ0) is 35.7. The molecule has 0 saturated heterocycles. The fraction of sp³-hybridized carbons (Fsp3) is 0.583. The van der Waals surface area contributed by atoms with E-state index >= 15 is 0 Å². The molecule has 11 nitrogen and oxygen atoms in total. The van der Waals surface area contributed by atoms with Crippen LogP contribution in [-0.4, -0.2) is 91.6 Å². The number of Topliss-reactive ketones (excluding diaryl/α,β-unsaturated/α-hetero) is 4.